The first kappa shape index (κ1) is 22.3. The molecule has 0 aliphatic carbocycles. The number of para-hydroxylation sites is 1. The van der Waals surface area contributed by atoms with E-state index in [-0.39, 0.29) is 29.9 Å². The predicted molar refractivity (Wildman–Crippen MR) is 122 cm³/mol. The Kier molecular flexibility index (Phi) is 6.84. The van der Waals surface area contributed by atoms with Gasteiger partial charge >= 0.3 is 0 Å². The maximum absolute atomic E-state index is 13.2. The molecule has 0 saturated carbocycles. The number of thioether (sulfide) groups is 1. The SMILES string of the molecule is Cn1c(SCC(=O)Nc2ccccc2C(=O)NCc2ccco2)nnc1-c1ccc(F)cc1. The number of furan rings is 1. The first-order chi connectivity index (χ1) is 16.0. The van der Waals surface area contributed by atoms with Crippen molar-refractivity contribution in [2.75, 3.05) is 11.1 Å². The van der Waals surface area contributed by atoms with E-state index in [0.29, 0.717) is 28.0 Å². The highest BCUT2D eigenvalue weighted by molar-refractivity contribution is 7.99. The Morgan fingerprint density at radius 2 is 1.85 bits per heavy atom. The monoisotopic (exact) mass is 465 g/mol. The zero-order chi connectivity index (χ0) is 23.2. The van der Waals surface area contributed by atoms with Crippen molar-refractivity contribution in [1.82, 2.24) is 20.1 Å². The zero-order valence-corrected chi connectivity index (χ0v) is 18.4. The van der Waals surface area contributed by atoms with Crippen molar-refractivity contribution in [3.63, 3.8) is 0 Å². The Morgan fingerprint density at radius 3 is 2.61 bits per heavy atom. The van der Waals surface area contributed by atoms with E-state index in [0.717, 1.165) is 5.56 Å². The summed E-state index contributed by atoms with van der Waals surface area (Å²) in [5, 5.41) is 14.3. The summed E-state index contributed by atoms with van der Waals surface area (Å²) in [5.74, 6) is 0.311. The first-order valence-electron chi connectivity index (χ1n) is 9.99. The van der Waals surface area contributed by atoms with Crippen LogP contribution >= 0.6 is 11.8 Å². The zero-order valence-electron chi connectivity index (χ0n) is 17.6. The summed E-state index contributed by atoms with van der Waals surface area (Å²) in [6, 6.07) is 16.2. The van der Waals surface area contributed by atoms with Crippen molar-refractivity contribution in [3.05, 3.63) is 84.1 Å². The Bertz CT molecular complexity index is 1260. The molecule has 0 bridgehead atoms. The number of nitrogens with one attached hydrogen (secondary N) is 2. The van der Waals surface area contributed by atoms with Gasteiger partial charge in [-0.25, -0.2) is 4.39 Å². The second-order valence-electron chi connectivity index (χ2n) is 7.02. The number of hydrogen-bond acceptors (Lipinski definition) is 6. The highest BCUT2D eigenvalue weighted by Crippen LogP contribution is 2.23. The van der Waals surface area contributed by atoms with Crippen molar-refractivity contribution >= 4 is 29.3 Å². The van der Waals surface area contributed by atoms with Gasteiger partial charge in [0.15, 0.2) is 11.0 Å². The van der Waals surface area contributed by atoms with Gasteiger partial charge in [-0.1, -0.05) is 23.9 Å². The molecule has 10 heteroatoms. The summed E-state index contributed by atoms with van der Waals surface area (Å²) in [5.41, 5.74) is 1.47. The van der Waals surface area contributed by atoms with Gasteiger partial charge in [-0.2, -0.15) is 0 Å². The van der Waals surface area contributed by atoms with Gasteiger partial charge in [0.05, 0.1) is 29.8 Å². The molecule has 0 aliphatic heterocycles. The molecule has 0 fully saturated rings. The molecule has 2 N–H and O–H groups in total. The number of anilines is 1. The van der Waals surface area contributed by atoms with Crippen LogP contribution in [0, 0.1) is 5.82 Å². The first-order valence-corrected chi connectivity index (χ1v) is 11.0. The van der Waals surface area contributed by atoms with Crippen molar-refractivity contribution in [2.24, 2.45) is 7.05 Å². The van der Waals surface area contributed by atoms with Crippen LogP contribution in [0.1, 0.15) is 16.1 Å². The molecule has 2 aromatic heterocycles. The maximum Gasteiger partial charge on any atom is 0.253 e. The van der Waals surface area contributed by atoms with Crippen LogP contribution in [-0.4, -0.2) is 32.3 Å². The second kappa shape index (κ2) is 10.1. The van der Waals surface area contributed by atoms with Gasteiger partial charge in [-0.3, -0.25) is 9.59 Å². The Labute approximate surface area is 193 Å². The third-order valence-corrected chi connectivity index (χ3v) is 5.74. The average Bonchev–Trinajstić information content (AvgIpc) is 3.47. The molecule has 0 spiro atoms. The lowest BCUT2D eigenvalue weighted by atomic mass is 10.1. The van der Waals surface area contributed by atoms with Gasteiger partial charge in [-0.15, -0.1) is 10.2 Å². The van der Waals surface area contributed by atoms with Crippen molar-refractivity contribution in [3.8, 4) is 11.4 Å². The summed E-state index contributed by atoms with van der Waals surface area (Å²) < 4.78 is 20.1. The van der Waals surface area contributed by atoms with Crippen molar-refractivity contribution in [2.45, 2.75) is 11.7 Å². The smallest absolute Gasteiger partial charge is 0.253 e. The van der Waals surface area contributed by atoms with E-state index < -0.39 is 0 Å². The van der Waals surface area contributed by atoms with E-state index in [1.165, 1.54) is 30.2 Å². The quantitative estimate of drug-likeness (QED) is 0.383. The molecular formula is C23H20FN5O3S. The van der Waals surface area contributed by atoms with Crippen LogP contribution in [0.5, 0.6) is 0 Å². The molecule has 4 rings (SSSR count). The van der Waals surface area contributed by atoms with Gasteiger partial charge in [-0.05, 0) is 48.5 Å². The van der Waals surface area contributed by atoms with Crippen LogP contribution in [0.3, 0.4) is 0 Å². The second-order valence-corrected chi connectivity index (χ2v) is 7.96. The average molecular weight is 466 g/mol. The lowest BCUT2D eigenvalue weighted by Gasteiger charge is -2.11. The Morgan fingerprint density at radius 1 is 1.06 bits per heavy atom. The molecule has 4 aromatic rings. The van der Waals surface area contributed by atoms with Crippen LogP contribution in [0.25, 0.3) is 11.4 Å². The summed E-state index contributed by atoms with van der Waals surface area (Å²) in [6.07, 6.45) is 1.53. The number of benzene rings is 2. The minimum Gasteiger partial charge on any atom is -0.467 e. The van der Waals surface area contributed by atoms with Gasteiger partial charge in [0.2, 0.25) is 5.91 Å². The van der Waals surface area contributed by atoms with E-state index in [1.54, 1.807) is 60.1 Å². The Hall–Kier alpha value is -3.92. The number of carbonyl (C=O) groups excluding carboxylic acids is 2. The molecule has 0 radical (unpaired) electrons. The highest BCUT2D eigenvalue weighted by Gasteiger charge is 2.16. The highest BCUT2D eigenvalue weighted by atomic mass is 32.2. The lowest BCUT2D eigenvalue weighted by molar-refractivity contribution is -0.113. The Balaban J connectivity index is 1.37. The van der Waals surface area contributed by atoms with Crippen molar-refractivity contribution < 1.29 is 18.4 Å². The molecule has 168 valence electrons. The number of hydrogen-bond donors (Lipinski definition) is 2. The number of amides is 2. The van der Waals surface area contributed by atoms with E-state index in [1.807, 2.05) is 0 Å². The molecule has 2 amide bonds. The fraction of sp³-hybridized carbons (Fsp3) is 0.130. The van der Waals surface area contributed by atoms with E-state index in [2.05, 4.69) is 20.8 Å². The molecule has 2 heterocycles. The van der Waals surface area contributed by atoms with Crippen LogP contribution < -0.4 is 10.6 Å². The van der Waals surface area contributed by atoms with E-state index in [9.17, 15) is 14.0 Å². The third kappa shape index (κ3) is 5.47. The topological polar surface area (TPSA) is 102 Å². The van der Waals surface area contributed by atoms with Crippen molar-refractivity contribution in [1.29, 1.82) is 0 Å². The minimum absolute atomic E-state index is 0.0672. The predicted octanol–water partition coefficient (Wildman–Crippen LogP) is 3.88. The van der Waals surface area contributed by atoms with Gasteiger partial charge in [0, 0.05) is 12.6 Å². The molecule has 0 saturated heterocycles. The standard InChI is InChI=1S/C23H20FN5O3S/c1-29-21(15-8-10-16(24)11-9-15)27-28-23(29)33-14-20(30)26-19-7-3-2-6-18(19)22(31)25-13-17-5-4-12-32-17/h2-12H,13-14H2,1H3,(H,25,31)(H,26,30). The summed E-state index contributed by atoms with van der Waals surface area (Å²) in [6.45, 7) is 0.243. The number of aromatic nitrogens is 3. The number of rotatable bonds is 8. The lowest BCUT2D eigenvalue weighted by Crippen LogP contribution is -2.25. The van der Waals surface area contributed by atoms with Crippen LogP contribution in [0.2, 0.25) is 0 Å². The molecule has 0 atom stereocenters. The van der Waals surface area contributed by atoms with Crippen LogP contribution in [-0.2, 0) is 18.4 Å². The molecule has 8 nitrogen and oxygen atoms in total. The van der Waals surface area contributed by atoms with Crippen LogP contribution in [0.15, 0.2) is 76.5 Å². The normalized spacial score (nSPS) is 10.7. The van der Waals surface area contributed by atoms with Gasteiger partial charge in [0.1, 0.15) is 11.6 Å². The third-order valence-electron chi connectivity index (χ3n) is 4.72. The number of halogens is 1. The summed E-state index contributed by atoms with van der Waals surface area (Å²) >= 11 is 1.21. The summed E-state index contributed by atoms with van der Waals surface area (Å²) in [7, 11) is 1.78. The van der Waals surface area contributed by atoms with E-state index >= 15 is 0 Å². The fourth-order valence-corrected chi connectivity index (χ4v) is 3.78. The van der Waals surface area contributed by atoms with Crippen LogP contribution in [0.4, 0.5) is 10.1 Å². The molecular weight excluding hydrogens is 445 g/mol. The fourth-order valence-electron chi connectivity index (χ4n) is 3.07. The molecule has 2 aromatic carbocycles. The van der Waals surface area contributed by atoms with Gasteiger partial charge in [0.25, 0.3) is 5.91 Å². The summed E-state index contributed by atoms with van der Waals surface area (Å²) in [4.78, 5) is 25.1. The number of nitrogens with zero attached hydrogens (tertiary/aromatic N) is 3. The number of carbonyl (C=O) groups is 2. The minimum atomic E-state index is -0.331. The molecule has 33 heavy (non-hydrogen) atoms. The largest absolute Gasteiger partial charge is 0.467 e. The molecule has 0 aliphatic rings. The molecule has 0 unspecified atom stereocenters. The van der Waals surface area contributed by atoms with Gasteiger partial charge < -0.3 is 19.6 Å². The maximum atomic E-state index is 13.2. The van der Waals surface area contributed by atoms with E-state index in [4.69, 9.17) is 4.42 Å².